The van der Waals surface area contributed by atoms with Crippen LogP contribution in [0.1, 0.15) is 32.6 Å². The van der Waals surface area contributed by atoms with Crippen molar-refractivity contribution in [2.75, 3.05) is 0 Å². The molecule has 0 aromatic carbocycles. The van der Waals surface area contributed by atoms with E-state index in [4.69, 9.17) is 11.6 Å². The lowest BCUT2D eigenvalue weighted by Crippen LogP contribution is -1.88. The third-order valence-electron chi connectivity index (χ3n) is 1.24. The van der Waals surface area contributed by atoms with Crippen molar-refractivity contribution in [2.45, 2.75) is 32.6 Å². The second-order valence-corrected chi connectivity index (χ2v) is 2.56. The molecule has 0 heterocycles. The Morgan fingerprint density at radius 3 is 2.70 bits per heavy atom. The molecule has 0 saturated heterocycles. The summed E-state index contributed by atoms with van der Waals surface area (Å²) < 4.78 is 0. The molecule has 0 radical (unpaired) electrons. The van der Waals surface area contributed by atoms with E-state index in [0.29, 0.717) is 6.42 Å². The van der Waals surface area contributed by atoms with Gasteiger partial charge in [0.25, 0.3) is 0 Å². The predicted molar refractivity (Wildman–Crippen MR) is 44.1 cm³/mol. The van der Waals surface area contributed by atoms with Crippen molar-refractivity contribution in [2.24, 2.45) is 0 Å². The Morgan fingerprint density at radius 2 is 2.20 bits per heavy atom. The standard InChI is InChI=1S/C8H13ClO/c1-8(10)6-4-2-3-5-7-9/h5,7H,2-4,6H2,1H3/b7-5+. The van der Waals surface area contributed by atoms with E-state index in [1.807, 2.05) is 6.08 Å². The van der Waals surface area contributed by atoms with Crippen molar-refractivity contribution in [1.29, 1.82) is 0 Å². The number of allylic oxidation sites excluding steroid dienone is 1. The summed E-state index contributed by atoms with van der Waals surface area (Å²) in [5.41, 5.74) is 1.52. The van der Waals surface area contributed by atoms with Gasteiger partial charge in [0.1, 0.15) is 5.78 Å². The van der Waals surface area contributed by atoms with Crippen LogP contribution in [0.2, 0.25) is 0 Å². The zero-order valence-electron chi connectivity index (χ0n) is 6.27. The molecule has 2 heteroatoms. The summed E-state index contributed by atoms with van der Waals surface area (Å²) >= 11 is 5.30. The molecule has 0 aromatic rings. The van der Waals surface area contributed by atoms with Gasteiger partial charge >= 0.3 is 0 Å². The lowest BCUT2D eigenvalue weighted by Gasteiger charge is -1.92. The highest BCUT2D eigenvalue weighted by Gasteiger charge is 1.90. The van der Waals surface area contributed by atoms with Gasteiger partial charge in [0.15, 0.2) is 0 Å². The van der Waals surface area contributed by atoms with Crippen molar-refractivity contribution in [3.63, 3.8) is 0 Å². The van der Waals surface area contributed by atoms with Gasteiger partial charge in [-0.05, 0) is 26.2 Å². The van der Waals surface area contributed by atoms with Crippen LogP contribution in [0, 0.1) is 0 Å². The number of Topliss-reactive ketones (excluding diaryl/α,β-unsaturated/α-hetero) is 1. The van der Waals surface area contributed by atoms with Crippen LogP contribution in [0.5, 0.6) is 0 Å². The molecule has 58 valence electrons. The van der Waals surface area contributed by atoms with Gasteiger partial charge in [0.2, 0.25) is 0 Å². The average molecular weight is 161 g/mol. The second kappa shape index (κ2) is 6.81. The quantitative estimate of drug-likeness (QED) is 0.566. The minimum Gasteiger partial charge on any atom is -0.300 e. The molecule has 0 spiro atoms. The van der Waals surface area contributed by atoms with E-state index in [-0.39, 0.29) is 5.78 Å². The first-order valence-corrected chi connectivity index (χ1v) is 3.95. The lowest BCUT2D eigenvalue weighted by molar-refractivity contribution is -0.117. The van der Waals surface area contributed by atoms with Crippen LogP contribution in [-0.4, -0.2) is 5.78 Å². The Morgan fingerprint density at radius 1 is 1.50 bits per heavy atom. The monoisotopic (exact) mass is 160 g/mol. The zero-order chi connectivity index (χ0) is 7.82. The van der Waals surface area contributed by atoms with Gasteiger partial charge in [-0.1, -0.05) is 17.7 Å². The van der Waals surface area contributed by atoms with Gasteiger partial charge < -0.3 is 4.79 Å². The van der Waals surface area contributed by atoms with Crippen molar-refractivity contribution >= 4 is 17.4 Å². The highest BCUT2D eigenvalue weighted by atomic mass is 35.5. The predicted octanol–water partition coefficient (Wildman–Crippen LogP) is 2.89. The molecule has 0 aliphatic heterocycles. The number of ketones is 1. The lowest BCUT2D eigenvalue weighted by atomic mass is 10.1. The summed E-state index contributed by atoms with van der Waals surface area (Å²) in [5.74, 6) is 0.273. The molecule has 0 aliphatic rings. The Hall–Kier alpha value is -0.300. The first-order chi connectivity index (χ1) is 4.77. The Kier molecular flexibility index (Phi) is 6.61. The molecule has 0 saturated carbocycles. The molecule has 0 N–H and O–H groups in total. The highest BCUT2D eigenvalue weighted by molar-refractivity contribution is 6.25. The minimum atomic E-state index is 0.273. The van der Waals surface area contributed by atoms with Crippen molar-refractivity contribution in [3.8, 4) is 0 Å². The molecule has 0 aromatic heterocycles. The Bertz CT molecular complexity index is 118. The third kappa shape index (κ3) is 7.70. The zero-order valence-corrected chi connectivity index (χ0v) is 7.03. The van der Waals surface area contributed by atoms with Crippen LogP contribution in [-0.2, 0) is 4.79 Å². The Labute approximate surface area is 67.1 Å². The maximum atomic E-state index is 10.4. The molecule has 0 rings (SSSR count). The van der Waals surface area contributed by atoms with E-state index < -0.39 is 0 Å². The van der Waals surface area contributed by atoms with Gasteiger partial charge in [-0.25, -0.2) is 0 Å². The molecular weight excluding hydrogens is 148 g/mol. The second-order valence-electron chi connectivity index (χ2n) is 2.31. The first-order valence-electron chi connectivity index (χ1n) is 3.52. The molecule has 0 fully saturated rings. The van der Waals surface area contributed by atoms with Crippen LogP contribution >= 0.6 is 11.6 Å². The smallest absolute Gasteiger partial charge is 0.129 e. The molecule has 0 amide bonds. The van der Waals surface area contributed by atoms with Gasteiger partial charge in [-0.3, -0.25) is 0 Å². The van der Waals surface area contributed by atoms with Gasteiger partial charge in [-0.2, -0.15) is 0 Å². The van der Waals surface area contributed by atoms with Gasteiger partial charge in [0.05, 0.1) is 0 Å². The fraction of sp³-hybridized carbons (Fsp3) is 0.625. The van der Waals surface area contributed by atoms with E-state index in [1.54, 1.807) is 6.92 Å². The maximum absolute atomic E-state index is 10.4. The number of carbonyl (C=O) groups is 1. The normalized spacial score (nSPS) is 10.6. The number of hydrogen-bond acceptors (Lipinski definition) is 1. The molecule has 0 unspecified atom stereocenters. The number of rotatable bonds is 5. The molecule has 10 heavy (non-hydrogen) atoms. The fourth-order valence-corrected chi connectivity index (χ4v) is 0.825. The summed E-state index contributed by atoms with van der Waals surface area (Å²) in [6, 6.07) is 0. The van der Waals surface area contributed by atoms with Crippen LogP contribution in [0.3, 0.4) is 0 Å². The molecule has 1 nitrogen and oxygen atoms in total. The van der Waals surface area contributed by atoms with E-state index in [9.17, 15) is 4.79 Å². The fourth-order valence-electron chi connectivity index (χ4n) is 0.699. The summed E-state index contributed by atoms with van der Waals surface area (Å²) in [4.78, 5) is 10.4. The number of halogens is 1. The van der Waals surface area contributed by atoms with E-state index >= 15 is 0 Å². The number of hydrogen-bond donors (Lipinski definition) is 0. The van der Waals surface area contributed by atoms with E-state index in [1.165, 1.54) is 5.54 Å². The summed E-state index contributed by atoms with van der Waals surface area (Å²) in [7, 11) is 0. The summed E-state index contributed by atoms with van der Waals surface area (Å²) in [5, 5.41) is 0. The van der Waals surface area contributed by atoms with Crippen molar-refractivity contribution in [3.05, 3.63) is 11.6 Å². The maximum Gasteiger partial charge on any atom is 0.129 e. The first kappa shape index (κ1) is 9.70. The number of unbranched alkanes of at least 4 members (excludes halogenated alkanes) is 2. The minimum absolute atomic E-state index is 0.273. The van der Waals surface area contributed by atoms with Gasteiger partial charge in [-0.15, -0.1) is 0 Å². The summed E-state index contributed by atoms with van der Waals surface area (Å²) in [6.45, 7) is 1.62. The Balaban J connectivity index is 2.98. The molecular formula is C8H13ClO. The SMILES string of the molecule is CC(=O)CCCC/C=C/Cl. The van der Waals surface area contributed by atoms with E-state index in [2.05, 4.69) is 0 Å². The molecule has 0 atom stereocenters. The average Bonchev–Trinajstić information content (AvgIpc) is 1.87. The van der Waals surface area contributed by atoms with Crippen LogP contribution in [0.25, 0.3) is 0 Å². The van der Waals surface area contributed by atoms with Crippen LogP contribution < -0.4 is 0 Å². The van der Waals surface area contributed by atoms with Crippen molar-refractivity contribution in [1.82, 2.24) is 0 Å². The molecule has 0 aliphatic carbocycles. The number of carbonyl (C=O) groups excluding carboxylic acids is 1. The van der Waals surface area contributed by atoms with E-state index in [0.717, 1.165) is 19.3 Å². The third-order valence-corrected chi connectivity index (χ3v) is 1.42. The highest BCUT2D eigenvalue weighted by Crippen LogP contribution is 2.01. The van der Waals surface area contributed by atoms with Crippen LogP contribution in [0.4, 0.5) is 0 Å². The van der Waals surface area contributed by atoms with Crippen molar-refractivity contribution < 1.29 is 4.79 Å². The van der Waals surface area contributed by atoms with Gasteiger partial charge in [0, 0.05) is 12.0 Å². The molecule has 0 bridgehead atoms. The van der Waals surface area contributed by atoms with Crippen LogP contribution in [0.15, 0.2) is 11.6 Å². The topological polar surface area (TPSA) is 17.1 Å². The largest absolute Gasteiger partial charge is 0.300 e. The summed E-state index contributed by atoms with van der Waals surface area (Å²) in [6.07, 6.45) is 5.63.